The molecule has 1 amide bonds. The SMILES string of the molecule is Cc1ccc(C(=O)NCCCc2nc3ccccc3n2Cc2ccc(Br)cc2)c(C)c1. The second-order valence-corrected chi connectivity index (χ2v) is 8.82. The minimum absolute atomic E-state index is 0.0131. The number of imidazole rings is 1. The number of aromatic nitrogens is 2. The van der Waals surface area contributed by atoms with Crippen LogP contribution in [0.4, 0.5) is 0 Å². The van der Waals surface area contributed by atoms with Gasteiger partial charge in [0.25, 0.3) is 5.91 Å². The average Bonchev–Trinajstić information content (AvgIpc) is 3.10. The summed E-state index contributed by atoms with van der Waals surface area (Å²) < 4.78 is 3.36. The van der Waals surface area contributed by atoms with Gasteiger partial charge in [-0.25, -0.2) is 4.98 Å². The molecule has 0 atom stereocenters. The minimum atomic E-state index is -0.0131. The molecule has 1 heterocycles. The number of para-hydroxylation sites is 2. The van der Waals surface area contributed by atoms with Crippen molar-refractivity contribution in [2.75, 3.05) is 6.54 Å². The minimum Gasteiger partial charge on any atom is -0.352 e. The highest BCUT2D eigenvalue weighted by Crippen LogP contribution is 2.20. The zero-order chi connectivity index (χ0) is 21.8. The van der Waals surface area contributed by atoms with E-state index >= 15 is 0 Å². The lowest BCUT2D eigenvalue weighted by atomic mass is 10.1. The lowest BCUT2D eigenvalue weighted by Crippen LogP contribution is -2.25. The van der Waals surface area contributed by atoms with Crippen LogP contribution in [-0.2, 0) is 13.0 Å². The average molecular weight is 476 g/mol. The van der Waals surface area contributed by atoms with E-state index in [4.69, 9.17) is 4.98 Å². The van der Waals surface area contributed by atoms with Crippen molar-refractivity contribution in [3.8, 4) is 0 Å². The summed E-state index contributed by atoms with van der Waals surface area (Å²) in [4.78, 5) is 17.4. The van der Waals surface area contributed by atoms with Crippen molar-refractivity contribution >= 4 is 32.9 Å². The summed E-state index contributed by atoms with van der Waals surface area (Å²) in [6.07, 6.45) is 1.64. The van der Waals surface area contributed by atoms with Gasteiger partial charge in [-0.2, -0.15) is 0 Å². The Morgan fingerprint density at radius 2 is 1.81 bits per heavy atom. The molecule has 0 saturated carbocycles. The summed E-state index contributed by atoms with van der Waals surface area (Å²) in [6.45, 7) is 5.41. The number of benzene rings is 3. The quantitative estimate of drug-likeness (QED) is 0.342. The Bertz CT molecular complexity index is 1210. The molecule has 4 rings (SSSR count). The zero-order valence-corrected chi connectivity index (χ0v) is 19.4. The number of halogens is 1. The standard InChI is InChI=1S/C26H26BrN3O/c1-18-9-14-22(19(2)16-18)26(31)28-15-5-8-25-29-23-6-3-4-7-24(23)30(25)17-20-10-12-21(27)13-11-20/h3-4,6-7,9-14,16H,5,8,15,17H2,1-2H3,(H,28,31). The summed E-state index contributed by atoms with van der Waals surface area (Å²) in [6, 6.07) is 22.6. The molecule has 0 unspecified atom stereocenters. The van der Waals surface area contributed by atoms with Crippen molar-refractivity contribution in [3.05, 3.63) is 99.3 Å². The molecule has 0 aliphatic carbocycles. The van der Waals surface area contributed by atoms with Gasteiger partial charge in [0.05, 0.1) is 11.0 Å². The van der Waals surface area contributed by atoms with Crippen LogP contribution in [0.1, 0.15) is 39.3 Å². The molecule has 0 aliphatic rings. The number of nitrogens with zero attached hydrogens (tertiary/aromatic N) is 2. The highest BCUT2D eigenvalue weighted by atomic mass is 79.9. The van der Waals surface area contributed by atoms with E-state index in [1.165, 1.54) is 11.1 Å². The maximum Gasteiger partial charge on any atom is 0.251 e. The lowest BCUT2D eigenvalue weighted by Gasteiger charge is -2.11. The van der Waals surface area contributed by atoms with Gasteiger partial charge in [-0.3, -0.25) is 4.79 Å². The number of fused-ring (bicyclic) bond motifs is 1. The second kappa shape index (κ2) is 9.48. The fourth-order valence-electron chi connectivity index (χ4n) is 3.88. The van der Waals surface area contributed by atoms with Gasteiger partial charge in [-0.15, -0.1) is 0 Å². The Labute approximate surface area is 191 Å². The third-order valence-electron chi connectivity index (χ3n) is 5.48. The molecule has 4 aromatic rings. The zero-order valence-electron chi connectivity index (χ0n) is 17.9. The highest BCUT2D eigenvalue weighted by Gasteiger charge is 2.12. The fourth-order valence-corrected chi connectivity index (χ4v) is 4.14. The number of carbonyl (C=O) groups is 1. The molecule has 1 N–H and O–H groups in total. The van der Waals surface area contributed by atoms with E-state index in [1.54, 1.807) is 0 Å². The summed E-state index contributed by atoms with van der Waals surface area (Å²) in [5.41, 5.74) is 6.30. The number of carbonyl (C=O) groups excluding carboxylic acids is 1. The van der Waals surface area contributed by atoms with Gasteiger partial charge in [0, 0.05) is 29.5 Å². The van der Waals surface area contributed by atoms with Crippen LogP contribution in [0.2, 0.25) is 0 Å². The first-order valence-electron chi connectivity index (χ1n) is 10.6. The maximum atomic E-state index is 12.5. The summed E-state index contributed by atoms with van der Waals surface area (Å²) in [7, 11) is 0. The first kappa shape index (κ1) is 21.3. The van der Waals surface area contributed by atoms with Crippen LogP contribution in [-0.4, -0.2) is 22.0 Å². The van der Waals surface area contributed by atoms with E-state index in [2.05, 4.69) is 68.3 Å². The van der Waals surface area contributed by atoms with Gasteiger partial charge in [0.1, 0.15) is 5.82 Å². The van der Waals surface area contributed by atoms with Gasteiger partial charge in [0.15, 0.2) is 0 Å². The van der Waals surface area contributed by atoms with Crippen LogP contribution in [0.5, 0.6) is 0 Å². The van der Waals surface area contributed by atoms with Crippen LogP contribution < -0.4 is 5.32 Å². The molecule has 0 spiro atoms. The molecule has 0 aliphatic heterocycles. The van der Waals surface area contributed by atoms with Gasteiger partial charge in [-0.1, -0.05) is 57.9 Å². The van der Waals surface area contributed by atoms with Crippen molar-refractivity contribution < 1.29 is 4.79 Å². The van der Waals surface area contributed by atoms with Crippen LogP contribution in [0.15, 0.2) is 71.2 Å². The van der Waals surface area contributed by atoms with Gasteiger partial charge in [-0.05, 0) is 61.7 Å². The molecule has 4 nitrogen and oxygen atoms in total. The topological polar surface area (TPSA) is 46.9 Å². The maximum absolute atomic E-state index is 12.5. The molecule has 0 saturated heterocycles. The van der Waals surface area contributed by atoms with Crippen molar-refractivity contribution in [3.63, 3.8) is 0 Å². The van der Waals surface area contributed by atoms with Crippen molar-refractivity contribution in [1.29, 1.82) is 0 Å². The van der Waals surface area contributed by atoms with Crippen molar-refractivity contribution in [1.82, 2.24) is 14.9 Å². The third kappa shape index (κ3) is 5.05. The molecule has 0 radical (unpaired) electrons. The number of hydrogen-bond donors (Lipinski definition) is 1. The van der Waals surface area contributed by atoms with Crippen LogP contribution in [0.25, 0.3) is 11.0 Å². The van der Waals surface area contributed by atoms with E-state index < -0.39 is 0 Å². The van der Waals surface area contributed by atoms with E-state index in [9.17, 15) is 4.79 Å². The van der Waals surface area contributed by atoms with Crippen molar-refractivity contribution in [2.24, 2.45) is 0 Å². The predicted molar refractivity (Wildman–Crippen MR) is 130 cm³/mol. The molecule has 1 aromatic heterocycles. The van der Waals surface area contributed by atoms with Gasteiger partial charge < -0.3 is 9.88 Å². The Morgan fingerprint density at radius 1 is 1.03 bits per heavy atom. The van der Waals surface area contributed by atoms with Gasteiger partial charge >= 0.3 is 0 Å². The normalized spacial score (nSPS) is 11.1. The second-order valence-electron chi connectivity index (χ2n) is 7.91. The molecular weight excluding hydrogens is 450 g/mol. The van der Waals surface area contributed by atoms with Crippen LogP contribution >= 0.6 is 15.9 Å². The summed E-state index contributed by atoms with van der Waals surface area (Å²) in [5.74, 6) is 1.03. The molecule has 31 heavy (non-hydrogen) atoms. The predicted octanol–water partition coefficient (Wildman–Crippen LogP) is 5.83. The molecule has 0 fully saturated rings. The van der Waals surface area contributed by atoms with E-state index in [0.717, 1.165) is 51.8 Å². The summed E-state index contributed by atoms with van der Waals surface area (Å²) in [5, 5.41) is 3.06. The molecular formula is C26H26BrN3O. The van der Waals surface area contributed by atoms with E-state index in [0.29, 0.717) is 6.54 Å². The van der Waals surface area contributed by atoms with Crippen LogP contribution in [0, 0.1) is 13.8 Å². The van der Waals surface area contributed by atoms with E-state index in [1.807, 2.05) is 38.1 Å². The Hall–Kier alpha value is -2.92. The van der Waals surface area contributed by atoms with E-state index in [-0.39, 0.29) is 5.91 Å². The first-order valence-corrected chi connectivity index (χ1v) is 11.3. The number of nitrogens with one attached hydrogen (secondary N) is 1. The first-order chi connectivity index (χ1) is 15.0. The summed E-state index contributed by atoms with van der Waals surface area (Å²) >= 11 is 3.50. The number of hydrogen-bond acceptors (Lipinski definition) is 2. The largest absolute Gasteiger partial charge is 0.352 e. The number of rotatable bonds is 7. The number of amides is 1. The Kier molecular flexibility index (Phi) is 6.52. The molecule has 3 aromatic carbocycles. The molecule has 0 bridgehead atoms. The van der Waals surface area contributed by atoms with Crippen molar-refractivity contribution in [2.45, 2.75) is 33.2 Å². The monoisotopic (exact) mass is 475 g/mol. The fraction of sp³-hybridized carbons (Fsp3) is 0.231. The van der Waals surface area contributed by atoms with Crippen LogP contribution in [0.3, 0.4) is 0 Å². The Balaban J connectivity index is 1.44. The highest BCUT2D eigenvalue weighted by molar-refractivity contribution is 9.10. The molecule has 5 heteroatoms. The van der Waals surface area contributed by atoms with Gasteiger partial charge in [0.2, 0.25) is 0 Å². The molecule has 158 valence electrons. The smallest absolute Gasteiger partial charge is 0.251 e. The lowest BCUT2D eigenvalue weighted by molar-refractivity contribution is 0.0952. The Morgan fingerprint density at radius 3 is 2.58 bits per heavy atom. The number of aryl methyl sites for hydroxylation is 3. The third-order valence-corrected chi connectivity index (χ3v) is 6.01.